The first kappa shape index (κ1) is 14.2. The number of rotatable bonds is 4. The van der Waals surface area contributed by atoms with Crippen LogP contribution >= 0.6 is 23.2 Å². The summed E-state index contributed by atoms with van der Waals surface area (Å²) in [5, 5.41) is 8.00. The van der Waals surface area contributed by atoms with Crippen LogP contribution in [0.5, 0.6) is 0 Å². The molecule has 0 amide bonds. The van der Waals surface area contributed by atoms with Crippen LogP contribution in [-0.2, 0) is 20.0 Å². The van der Waals surface area contributed by atoms with E-state index in [1.54, 1.807) is 4.68 Å². The van der Waals surface area contributed by atoms with Crippen molar-refractivity contribution in [1.82, 2.24) is 9.78 Å². The summed E-state index contributed by atoms with van der Waals surface area (Å²) < 4.78 is 14.9. The molecule has 102 valence electrons. The van der Waals surface area contributed by atoms with E-state index < -0.39 is 5.82 Å². The molecule has 3 nitrogen and oxygen atoms in total. The van der Waals surface area contributed by atoms with Crippen molar-refractivity contribution >= 4 is 28.9 Å². The molecular weight excluding hydrogens is 288 g/mol. The average molecular weight is 302 g/mol. The van der Waals surface area contributed by atoms with E-state index in [1.807, 2.05) is 20.0 Å². The highest BCUT2D eigenvalue weighted by atomic mass is 35.5. The van der Waals surface area contributed by atoms with Crippen molar-refractivity contribution in [2.75, 3.05) is 5.32 Å². The standard InChI is InChI=1S/C13H14Cl2FN3/c1-3-9-6-10(19(2)18-9)7-17-13-11(14)4-8(16)5-12(13)15/h4-6,17H,3,7H2,1-2H3. The third kappa shape index (κ3) is 3.19. The lowest BCUT2D eigenvalue weighted by atomic mass is 10.2. The molecule has 0 unspecified atom stereocenters. The Bertz CT molecular complexity index is 573. The molecule has 6 heteroatoms. The maximum atomic E-state index is 13.1. The molecule has 2 rings (SSSR count). The van der Waals surface area contributed by atoms with E-state index in [4.69, 9.17) is 23.2 Å². The molecule has 1 heterocycles. The quantitative estimate of drug-likeness (QED) is 0.923. The number of nitrogens with zero attached hydrogens (tertiary/aromatic N) is 2. The van der Waals surface area contributed by atoms with Gasteiger partial charge in [0, 0.05) is 7.05 Å². The molecular formula is C13H14Cl2FN3. The zero-order valence-corrected chi connectivity index (χ0v) is 12.2. The largest absolute Gasteiger partial charge is 0.377 e. The number of aryl methyl sites for hydroxylation is 2. The van der Waals surface area contributed by atoms with E-state index in [9.17, 15) is 4.39 Å². The number of nitrogens with one attached hydrogen (secondary N) is 1. The Kier molecular flexibility index (Phi) is 4.32. The van der Waals surface area contributed by atoms with Crippen LogP contribution in [0.4, 0.5) is 10.1 Å². The Morgan fingerprint density at radius 1 is 1.26 bits per heavy atom. The van der Waals surface area contributed by atoms with Crippen LogP contribution in [-0.4, -0.2) is 9.78 Å². The Hall–Kier alpha value is -1.26. The topological polar surface area (TPSA) is 29.9 Å². The summed E-state index contributed by atoms with van der Waals surface area (Å²) in [6, 6.07) is 4.48. The van der Waals surface area contributed by atoms with Gasteiger partial charge in [0.25, 0.3) is 0 Å². The van der Waals surface area contributed by atoms with E-state index in [0.29, 0.717) is 12.2 Å². The van der Waals surface area contributed by atoms with Gasteiger partial charge in [-0.05, 0) is 24.6 Å². The maximum Gasteiger partial charge on any atom is 0.126 e. The lowest BCUT2D eigenvalue weighted by Crippen LogP contribution is -2.06. The molecule has 19 heavy (non-hydrogen) atoms. The van der Waals surface area contributed by atoms with Crippen LogP contribution in [0.2, 0.25) is 10.0 Å². The normalized spacial score (nSPS) is 10.8. The summed E-state index contributed by atoms with van der Waals surface area (Å²) in [4.78, 5) is 0. The van der Waals surface area contributed by atoms with Crippen molar-refractivity contribution in [2.24, 2.45) is 7.05 Å². The molecule has 0 aliphatic carbocycles. The van der Waals surface area contributed by atoms with Crippen molar-refractivity contribution in [3.05, 3.63) is 45.4 Å². The second kappa shape index (κ2) is 5.80. The molecule has 1 aromatic carbocycles. The SMILES string of the molecule is CCc1cc(CNc2c(Cl)cc(F)cc2Cl)n(C)n1. The number of hydrogen-bond acceptors (Lipinski definition) is 2. The van der Waals surface area contributed by atoms with Crippen LogP contribution in [0, 0.1) is 5.82 Å². The molecule has 0 fully saturated rings. The Balaban J connectivity index is 2.16. The van der Waals surface area contributed by atoms with Crippen molar-refractivity contribution in [1.29, 1.82) is 0 Å². The first-order valence-electron chi connectivity index (χ1n) is 5.91. The molecule has 0 saturated carbocycles. The Morgan fingerprint density at radius 3 is 2.42 bits per heavy atom. The molecule has 1 aromatic heterocycles. The first-order chi connectivity index (χ1) is 9.01. The van der Waals surface area contributed by atoms with Crippen LogP contribution in [0.15, 0.2) is 18.2 Å². The van der Waals surface area contributed by atoms with E-state index in [1.165, 1.54) is 12.1 Å². The second-order valence-corrected chi connectivity index (χ2v) is 5.02. The molecule has 0 aliphatic rings. The number of halogens is 3. The average Bonchev–Trinajstić information content (AvgIpc) is 2.69. The van der Waals surface area contributed by atoms with E-state index in [2.05, 4.69) is 10.4 Å². The van der Waals surface area contributed by atoms with Gasteiger partial charge in [-0.15, -0.1) is 0 Å². The number of hydrogen-bond donors (Lipinski definition) is 1. The fourth-order valence-corrected chi connectivity index (χ4v) is 2.39. The molecule has 0 bridgehead atoms. The highest BCUT2D eigenvalue weighted by Crippen LogP contribution is 2.31. The minimum atomic E-state index is -0.450. The summed E-state index contributed by atoms with van der Waals surface area (Å²) in [6.45, 7) is 2.57. The van der Waals surface area contributed by atoms with Crippen molar-refractivity contribution in [3.8, 4) is 0 Å². The molecule has 0 spiro atoms. The van der Waals surface area contributed by atoms with Gasteiger partial charge in [0.05, 0.1) is 33.7 Å². The van der Waals surface area contributed by atoms with E-state index in [-0.39, 0.29) is 10.0 Å². The number of benzene rings is 1. The molecule has 0 atom stereocenters. The number of aromatic nitrogens is 2. The van der Waals surface area contributed by atoms with Gasteiger partial charge in [-0.2, -0.15) is 5.10 Å². The third-order valence-corrected chi connectivity index (χ3v) is 3.44. The zero-order chi connectivity index (χ0) is 14.0. The van der Waals surface area contributed by atoms with Crippen molar-refractivity contribution in [3.63, 3.8) is 0 Å². The first-order valence-corrected chi connectivity index (χ1v) is 6.67. The highest BCUT2D eigenvalue weighted by molar-refractivity contribution is 6.39. The molecule has 0 aliphatic heterocycles. The van der Waals surface area contributed by atoms with Gasteiger partial charge in [0.15, 0.2) is 0 Å². The van der Waals surface area contributed by atoms with Gasteiger partial charge in [0.2, 0.25) is 0 Å². The van der Waals surface area contributed by atoms with E-state index >= 15 is 0 Å². The fourth-order valence-electron chi connectivity index (χ4n) is 1.80. The monoisotopic (exact) mass is 301 g/mol. The second-order valence-electron chi connectivity index (χ2n) is 4.20. The summed E-state index contributed by atoms with van der Waals surface area (Å²) in [5.74, 6) is -0.450. The van der Waals surface area contributed by atoms with E-state index in [0.717, 1.165) is 17.8 Å². The molecule has 1 N–H and O–H groups in total. The molecule has 0 saturated heterocycles. The summed E-state index contributed by atoms with van der Waals surface area (Å²) in [5.41, 5.74) is 2.56. The minimum Gasteiger partial charge on any atom is -0.377 e. The molecule has 2 aromatic rings. The lowest BCUT2D eigenvalue weighted by molar-refractivity contribution is 0.628. The Morgan fingerprint density at radius 2 is 1.89 bits per heavy atom. The minimum absolute atomic E-state index is 0.267. The fraction of sp³-hybridized carbons (Fsp3) is 0.308. The maximum absolute atomic E-state index is 13.1. The lowest BCUT2D eigenvalue weighted by Gasteiger charge is -2.10. The predicted molar refractivity (Wildman–Crippen MR) is 76.3 cm³/mol. The number of anilines is 1. The third-order valence-electron chi connectivity index (χ3n) is 2.84. The highest BCUT2D eigenvalue weighted by Gasteiger charge is 2.10. The summed E-state index contributed by atoms with van der Waals surface area (Å²) >= 11 is 11.9. The van der Waals surface area contributed by atoms with Gasteiger partial charge in [-0.1, -0.05) is 30.1 Å². The van der Waals surface area contributed by atoms with Crippen LogP contribution in [0.25, 0.3) is 0 Å². The van der Waals surface area contributed by atoms with Gasteiger partial charge >= 0.3 is 0 Å². The van der Waals surface area contributed by atoms with Crippen LogP contribution in [0.3, 0.4) is 0 Å². The zero-order valence-electron chi connectivity index (χ0n) is 10.7. The van der Waals surface area contributed by atoms with Crippen LogP contribution < -0.4 is 5.32 Å². The Labute approximate surface area is 121 Å². The summed E-state index contributed by atoms with van der Waals surface area (Å²) in [6.07, 6.45) is 0.881. The predicted octanol–water partition coefficient (Wildman–Crippen LogP) is 4.04. The van der Waals surface area contributed by atoms with Gasteiger partial charge in [0.1, 0.15) is 5.82 Å². The summed E-state index contributed by atoms with van der Waals surface area (Å²) in [7, 11) is 1.88. The van der Waals surface area contributed by atoms with Crippen molar-refractivity contribution in [2.45, 2.75) is 19.9 Å². The van der Waals surface area contributed by atoms with Gasteiger partial charge in [-0.25, -0.2) is 4.39 Å². The van der Waals surface area contributed by atoms with Gasteiger partial charge < -0.3 is 5.32 Å². The smallest absolute Gasteiger partial charge is 0.126 e. The molecule has 0 radical (unpaired) electrons. The van der Waals surface area contributed by atoms with Crippen LogP contribution in [0.1, 0.15) is 18.3 Å². The van der Waals surface area contributed by atoms with Gasteiger partial charge in [-0.3, -0.25) is 4.68 Å². The van der Waals surface area contributed by atoms with Crippen molar-refractivity contribution < 1.29 is 4.39 Å².